The van der Waals surface area contributed by atoms with E-state index in [9.17, 15) is 0 Å². The Morgan fingerprint density at radius 3 is 1.52 bits per heavy atom. The van der Waals surface area contributed by atoms with Crippen LogP contribution in [0.3, 0.4) is 0 Å². The zero-order valence-electron chi connectivity index (χ0n) is 28.3. The summed E-state index contributed by atoms with van der Waals surface area (Å²) >= 11 is 0. The highest BCUT2D eigenvalue weighted by Gasteiger charge is 2.36. The number of rotatable bonds is 6. The molecule has 1 aliphatic carbocycles. The first-order valence-corrected chi connectivity index (χ1v) is 17.4. The molecular formula is C49H37N. The third-order valence-electron chi connectivity index (χ3n) is 10.4. The van der Waals surface area contributed by atoms with Gasteiger partial charge in [-0.3, -0.25) is 0 Å². The summed E-state index contributed by atoms with van der Waals surface area (Å²) in [6, 6.07) is 68.4. The second-order valence-electron chi connectivity index (χ2n) is 13.7. The van der Waals surface area contributed by atoms with E-state index < -0.39 is 0 Å². The first kappa shape index (κ1) is 29.9. The molecule has 9 rings (SSSR count). The van der Waals surface area contributed by atoms with E-state index in [1.54, 1.807) is 0 Å². The molecule has 50 heavy (non-hydrogen) atoms. The average Bonchev–Trinajstić information content (AvgIpc) is 3.18. The summed E-state index contributed by atoms with van der Waals surface area (Å²) in [6.07, 6.45) is 0. The van der Waals surface area contributed by atoms with Gasteiger partial charge in [0.1, 0.15) is 0 Å². The van der Waals surface area contributed by atoms with Crippen molar-refractivity contribution in [3.8, 4) is 44.5 Å². The number of nitrogens with zero attached hydrogens (tertiary/aromatic N) is 1. The van der Waals surface area contributed by atoms with Crippen LogP contribution in [0, 0.1) is 0 Å². The van der Waals surface area contributed by atoms with Gasteiger partial charge in [-0.2, -0.15) is 0 Å². The summed E-state index contributed by atoms with van der Waals surface area (Å²) in [5.41, 5.74) is 16.1. The summed E-state index contributed by atoms with van der Waals surface area (Å²) in [4.78, 5) is 2.32. The van der Waals surface area contributed by atoms with E-state index in [1.807, 2.05) is 0 Å². The molecule has 0 heterocycles. The van der Waals surface area contributed by atoms with E-state index in [2.05, 4.69) is 207 Å². The molecule has 0 saturated carbocycles. The van der Waals surface area contributed by atoms with E-state index >= 15 is 0 Å². The lowest BCUT2D eigenvalue weighted by molar-refractivity contribution is 0.647. The van der Waals surface area contributed by atoms with Crippen molar-refractivity contribution < 1.29 is 0 Å². The largest absolute Gasteiger partial charge is 0.311 e. The number of fused-ring (bicyclic) bond motifs is 2. The molecule has 1 aliphatic rings. The summed E-state index contributed by atoms with van der Waals surface area (Å²) < 4.78 is 0. The smallest absolute Gasteiger partial charge is 0.0462 e. The van der Waals surface area contributed by atoms with E-state index in [-0.39, 0.29) is 5.41 Å². The molecule has 0 spiro atoms. The van der Waals surface area contributed by atoms with E-state index in [1.165, 1.54) is 66.4 Å². The fourth-order valence-electron chi connectivity index (χ4n) is 8.09. The quantitative estimate of drug-likeness (QED) is 0.175. The summed E-state index contributed by atoms with van der Waals surface area (Å²) in [5, 5.41) is 2.65. The van der Waals surface area contributed by atoms with Crippen molar-refractivity contribution in [1.29, 1.82) is 0 Å². The Bertz CT molecular complexity index is 2420. The van der Waals surface area contributed by atoms with E-state index in [0.717, 1.165) is 17.1 Å². The molecule has 0 aliphatic heterocycles. The Morgan fingerprint density at radius 2 is 0.860 bits per heavy atom. The van der Waals surface area contributed by atoms with Crippen LogP contribution < -0.4 is 4.90 Å². The van der Waals surface area contributed by atoms with Crippen molar-refractivity contribution in [3.05, 3.63) is 199 Å². The molecule has 0 saturated heterocycles. The van der Waals surface area contributed by atoms with Crippen molar-refractivity contribution in [2.45, 2.75) is 19.3 Å². The fourth-order valence-corrected chi connectivity index (χ4v) is 8.09. The maximum atomic E-state index is 2.40. The van der Waals surface area contributed by atoms with Gasteiger partial charge in [-0.05, 0) is 103 Å². The Balaban J connectivity index is 1.19. The van der Waals surface area contributed by atoms with Crippen molar-refractivity contribution in [2.24, 2.45) is 0 Å². The van der Waals surface area contributed by atoms with Crippen LogP contribution in [0.2, 0.25) is 0 Å². The first-order valence-electron chi connectivity index (χ1n) is 17.4. The molecule has 1 nitrogen and oxygen atoms in total. The monoisotopic (exact) mass is 639 g/mol. The van der Waals surface area contributed by atoms with Gasteiger partial charge < -0.3 is 4.90 Å². The molecule has 0 N–H and O–H groups in total. The van der Waals surface area contributed by atoms with Gasteiger partial charge in [-0.25, -0.2) is 0 Å². The van der Waals surface area contributed by atoms with Gasteiger partial charge in [0.05, 0.1) is 0 Å². The van der Waals surface area contributed by atoms with Gasteiger partial charge >= 0.3 is 0 Å². The molecule has 0 aromatic heterocycles. The lowest BCUT2D eigenvalue weighted by Gasteiger charge is -2.38. The maximum Gasteiger partial charge on any atom is 0.0462 e. The molecule has 0 fully saturated rings. The Hall–Kier alpha value is -6.18. The van der Waals surface area contributed by atoms with Crippen LogP contribution in [0.1, 0.15) is 25.0 Å². The molecule has 0 radical (unpaired) electrons. The highest BCUT2D eigenvalue weighted by molar-refractivity contribution is 6.10. The minimum Gasteiger partial charge on any atom is -0.311 e. The van der Waals surface area contributed by atoms with E-state index in [0.29, 0.717) is 0 Å². The molecule has 0 amide bonds. The standard InChI is InChI=1S/C49H37N/c1-49(2)45-23-12-16-38-30-33-42(36-26-24-35(25-27-36)34-14-6-3-7-15-34)47(46(38)45)44-22-13-21-43(48(44)49)37-28-31-41(32-29-37)50(39-17-8-4-9-18-39)40-19-10-5-11-20-40/h3-33H,1-2H3. The van der Waals surface area contributed by atoms with Crippen molar-refractivity contribution in [2.75, 3.05) is 4.90 Å². The third-order valence-corrected chi connectivity index (χ3v) is 10.4. The minimum atomic E-state index is -0.201. The van der Waals surface area contributed by atoms with Crippen LogP contribution in [-0.2, 0) is 5.41 Å². The van der Waals surface area contributed by atoms with Crippen LogP contribution >= 0.6 is 0 Å². The second-order valence-corrected chi connectivity index (χ2v) is 13.7. The number of hydrogen-bond donors (Lipinski definition) is 0. The van der Waals surface area contributed by atoms with Crippen LogP contribution in [0.5, 0.6) is 0 Å². The zero-order chi connectivity index (χ0) is 33.7. The zero-order valence-corrected chi connectivity index (χ0v) is 28.3. The van der Waals surface area contributed by atoms with E-state index in [4.69, 9.17) is 0 Å². The lowest BCUT2D eigenvalue weighted by Crippen LogP contribution is -2.25. The molecule has 8 aromatic carbocycles. The van der Waals surface area contributed by atoms with Crippen LogP contribution in [-0.4, -0.2) is 0 Å². The number of para-hydroxylation sites is 2. The number of benzene rings is 8. The minimum absolute atomic E-state index is 0.201. The van der Waals surface area contributed by atoms with Crippen molar-refractivity contribution in [1.82, 2.24) is 0 Å². The maximum absolute atomic E-state index is 2.40. The summed E-state index contributed by atoms with van der Waals surface area (Å²) in [5.74, 6) is 0. The molecule has 238 valence electrons. The molecular weight excluding hydrogens is 603 g/mol. The van der Waals surface area contributed by atoms with Crippen LogP contribution in [0.4, 0.5) is 17.1 Å². The predicted octanol–water partition coefficient (Wildman–Crippen LogP) is 13.6. The molecule has 0 unspecified atom stereocenters. The topological polar surface area (TPSA) is 3.24 Å². The van der Waals surface area contributed by atoms with Gasteiger partial charge in [0.2, 0.25) is 0 Å². The molecule has 8 aromatic rings. The lowest BCUT2D eigenvalue weighted by atomic mass is 9.65. The van der Waals surface area contributed by atoms with Gasteiger partial charge in [0.25, 0.3) is 0 Å². The Labute approximate surface area is 294 Å². The van der Waals surface area contributed by atoms with Gasteiger partial charge in [0.15, 0.2) is 0 Å². The fraction of sp³-hybridized carbons (Fsp3) is 0.0612. The van der Waals surface area contributed by atoms with Crippen molar-refractivity contribution >= 4 is 27.8 Å². The molecule has 1 heteroatoms. The van der Waals surface area contributed by atoms with Crippen molar-refractivity contribution in [3.63, 3.8) is 0 Å². The van der Waals surface area contributed by atoms with Gasteiger partial charge in [-0.1, -0.05) is 166 Å². The summed E-state index contributed by atoms with van der Waals surface area (Å²) in [6.45, 7) is 4.80. The first-order chi connectivity index (χ1) is 24.6. The SMILES string of the molecule is CC1(C)c2c(-c3ccc(N(c4ccccc4)c4ccccc4)cc3)cccc2-c2c(-c3ccc(-c4ccccc4)cc3)ccc3cccc1c23. The Kier molecular flexibility index (Phi) is 7.21. The van der Waals surface area contributed by atoms with Crippen LogP contribution in [0.25, 0.3) is 55.3 Å². The normalized spacial score (nSPS) is 12.8. The second kappa shape index (κ2) is 12.1. The predicted molar refractivity (Wildman–Crippen MR) is 213 cm³/mol. The highest BCUT2D eigenvalue weighted by atomic mass is 15.1. The Morgan fingerprint density at radius 1 is 0.360 bits per heavy atom. The van der Waals surface area contributed by atoms with Gasteiger partial charge in [-0.15, -0.1) is 0 Å². The number of hydrogen-bond acceptors (Lipinski definition) is 1. The molecule has 0 bridgehead atoms. The van der Waals surface area contributed by atoms with Crippen LogP contribution in [0.15, 0.2) is 188 Å². The molecule has 0 atom stereocenters. The third kappa shape index (κ3) is 4.94. The number of anilines is 3. The highest BCUT2D eigenvalue weighted by Crippen LogP contribution is 2.54. The van der Waals surface area contributed by atoms with Gasteiger partial charge in [0, 0.05) is 22.5 Å². The average molecular weight is 640 g/mol. The summed E-state index contributed by atoms with van der Waals surface area (Å²) in [7, 11) is 0.